The van der Waals surface area contributed by atoms with Crippen molar-refractivity contribution in [3.8, 4) is 0 Å². The summed E-state index contributed by atoms with van der Waals surface area (Å²) >= 11 is 13.8. The predicted molar refractivity (Wildman–Crippen MR) is 71.1 cm³/mol. The molecule has 0 spiro atoms. The number of unbranched alkanes of at least 4 members (excludes halogenated alkanes) is 2. The molecular formula is C11H15Cl2NS. The van der Waals surface area contributed by atoms with E-state index in [1.807, 2.05) is 0 Å². The van der Waals surface area contributed by atoms with Gasteiger partial charge in [0.25, 0.3) is 0 Å². The number of rotatable bonds is 5. The Balaban J connectivity index is 2.60. The van der Waals surface area contributed by atoms with Crippen molar-refractivity contribution in [2.75, 3.05) is 11.5 Å². The Morgan fingerprint density at radius 3 is 2.33 bits per heavy atom. The second-order valence-electron chi connectivity index (χ2n) is 3.37. The molecule has 0 heterocycles. The number of benzene rings is 1. The van der Waals surface area contributed by atoms with Gasteiger partial charge in [0.2, 0.25) is 0 Å². The Morgan fingerprint density at radius 2 is 1.80 bits per heavy atom. The summed E-state index contributed by atoms with van der Waals surface area (Å²) in [4.78, 5) is 0.948. The fraction of sp³-hybridized carbons (Fsp3) is 0.455. The summed E-state index contributed by atoms with van der Waals surface area (Å²) in [5.41, 5.74) is 6.24. The average molecular weight is 264 g/mol. The predicted octanol–water partition coefficient (Wildman–Crippen LogP) is 4.86. The third-order valence-corrected chi connectivity index (χ3v) is 4.06. The van der Waals surface area contributed by atoms with Crippen LogP contribution in [0.4, 0.5) is 5.69 Å². The summed E-state index contributed by atoms with van der Waals surface area (Å²) in [6, 6.07) is 3.49. The molecule has 0 aromatic heterocycles. The first-order valence-corrected chi connectivity index (χ1v) is 6.76. The molecule has 2 N–H and O–H groups in total. The maximum Gasteiger partial charge on any atom is 0.0577 e. The van der Waals surface area contributed by atoms with Gasteiger partial charge in [0.05, 0.1) is 10.0 Å². The maximum absolute atomic E-state index is 6.06. The van der Waals surface area contributed by atoms with E-state index < -0.39 is 0 Å². The highest BCUT2D eigenvalue weighted by molar-refractivity contribution is 7.99. The second kappa shape index (κ2) is 6.51. The fourth-order valence-corrected chi connectivity index (χ4v) is 3.02. The number of nitrogen functional groups attached to an aromatic ring is 1. The highest BCUT2D eigenvalue weighted by Crippen LogP contribution is 2.36. The number of nitrogens with two attached hydrogens (primary N) is 1. The topological polar surface area (TPSA) is 26.0 Å². The van der Waals surface area contributed by atoms with E-state index in [0.29, 0.717) is 15.7 Å². The zero-order chi connectivity index (χ0) is 11.3. The first kappa shape index (κ1) is 13.0. The van der Waals surface area contributed by atoms with Gasteiger partial charge in [-0.1, -0.05) is 43.0 Å². The van der Waals surface area contributed by atoms with Crippen molar-refractivity contribution in [3.63, 3.8) is 0 Å². The summed E-state index contributed by atoms with van der Waals surface area (Å²) in [5.74, 6) is 1.05. The molecule has 1 aromatic rings. The number of hydrogen-bond donors (Lipinski definition) is 1. The first-order valence-electron chi connectivity index (χ1n) is 5.02. The molecule has 4 heteroatoms. The lowest BCUT2D eigenvalue weighted by Gasteiger charge is -2.07. The van der Waals surface area contributed by atoms with Gasteiger partial charge in [-0.2, -0.15) is 0 Å². The molecule has 0 saturated heterocycles. The molecule has 0 fully saturated rings. The summed E-state index contributed by atoms with van der Waals surface area (Å²) in [5, 5.41) is 1.31. The molecule has 1 rings (SSSR count). The van der Waals surface area contributed by atoms with Gasteiger partial charge in [0.15, 0.2) is 0 Å². The zero-order valence-electron chi connectivity index (χ0n) is 8.72. The lowest BCUT2D eigenvalue weighted by Crippen LogP contribution is -1.88. The molecule has 1 aromatic carbocycles. The van der Waals surface area contributed by atoms with E-state index in [4.69, 9.17) is 28.9 Å². The largest absolute Gasteiger partial charge is 0.399 e. The summed E-state index contributed by atoms with van der Waals surface area (Å²) in [7, 11) is 0. The molecule has 0 bridgehead atoms. The van der Waals surface area contributed by atoms with Gasteiger partial charge in [-0.05, 0) is 24.3 Å². The number of anilines is 1. The molecule has 0 aliphatic heterocycles. The Hall–Kier alpha value is -0.0500. The second-order valence-corrected chi connectivity index (χ2v) is 5.29. The monoisotopic (exact) mass is 263 g/mol. The molecule has 0 radical (unpaired) electrons. The van der Waals surface area contributed by atoms with Crippen LogP contribution in [0.5, 0.6) is 0 Å². The van der Waals surface area contributed by atoms with Crippen LogP contribution >= 0.6 is 35.0 Å². The van der Waals surface area contributed by atoms with E-state index >= 15 is 0 Å². The van der Waals surface area contributed by atoms with Crippen molar-refractivity contribution >= 4 is 40.7 Å². The van der Waals surface area contributed by atoms with E-state index in [0.717, 1.165) is 10.6 Å². The van der Waals surface area contributed by atoms with Gasteiger partial charge in [-0.15, -0.1) is 11.8 Å². The molecule has 0 aliphatic carbocycles. The van der Waals surface area contributed by atoms with E-state index in [-0.39, 0.29) is 0 Å². The van der Waals surface area contributed by atoms with Gasteiger partial charge < -0.3 is 5.73 Å². The van der Waals surface area contributed by atoms with E-state index in [1.165, 1.54) is 19.3 Å². The SMILES string of the molecule is CCCCCSc1c(Cl)cc(N)cc1Cl. The van der Waals surface area contributed by atoms with E-state index in [9.17, 15) is 0 Å². The maximum atomic E-state index is 6.06. The fourth-order valence-electron chi connectivity index (χ4n) is 1.24. The molecule has 15 heavy (non-hydrogen) atoms. The van der Waals surface area contributed by atoms with Gasteiger partial charge >= 0.3 is 0 Å². The van der Waals surface area contributed by atoms with Crippen molar-refractivity contribution in [2.45, 2.75) is 31.1 Å². The van der Waals surface area contributed by atoms with Crippen LogP contribution in [0.2, 0.25) is 10.0 Å². The smallest absolute Gasteiger partial charge is 0.0577 e. The summed E-state index contributed by atoms with van der Waals surface area (Å²) in [6.45, 7) is 2.19. The number of hydrogen-bond acceptors (Lipinski definition) is 2. The Bertz CT molecular complexity index is 305. The molecule has 84 valence electrons. The molecular weight excluding hydrogens is 249 g/mol. The molecule has 0 saturated carbocycles. The normalized spacial score (nSPS) is 10.6. The molecule has 0 amide bonds. The highest BCUT2D eigenvalue weighted by atomic mass is 35.5. The minimum Gasteiger partial charge on any atom is -0.399 e. The third kappa shape index (κ3) is 4.13. The Morgan fingerprint density at radius 1 is 1.20 bits per heavy atom. The number of halogens is 2. The highest BCUT2D eigenvalue weighted by Gasteiger charge is 2.07. The minimum absolute atomic E-state index is 0.614. The van der Waals surface area contributed by atoms with Crippen molar-refractivity contribution in [3.05, 3.63) is 22.2 Å². The molecule has 0 aliphatic rings. The molecule has 0 atom stereocenters. The van der Waals surface area contributed by atoms with Crippen LogP contribution in [0.25, 0.3) is 0 Å². The van der Waals surface area contributed by atoms with Gasteiger partial charge in [-0.25, -0.2) is 0 Å². The summed E-state index contributed by atoms with van der Waals surface area (Å²) < 4.78 is 0. The van der Waals surface area contributed by atoms with Crippen LogP contribution in [-0.4, -0.2) is 5.75 Å². The van der Waals surface area contributed by atoms with Crippen LogP contribution in [0, 0.1) is 0 Å². The van der Waals surface area contributed by atoms with Crippen LogP contribution in [0.1, 0.15) is 26.2 Å². The first-order chi connectivity index (χ1) is 7.15. The lowest BCUT2D eigenvalue weighted by atomic mass is 10.3. The van der Waals surface area contributed by atoms with Crippen LogP contribution < -0.4 is 5.73 Å². The third-order valence-electron chi connectivity index (χ3n) is 2.01. The van der Waals surface area contributed by atoms with E-state index in [1.54, 1.807) is 23.9 Å². The Kier molecular flexibility index (Phi) is 5.65. The minimum atomic E-state index is 0.614. The molecule has 1 nitrogen and oxygen atoms in total. The van der Waals surface area contributed by atoms with Gasteiger partial charge in [0, 0.05) is 10.6 Å². The average Bonchev–Trinajstić information content (AvgIpc) is 2.15. The van der Waals surface area contributed by atoms with Crippen molar-refractivity contribution in [2.24, 2.45) is 0 Å². The van der Waals surface area contributed by atoms with Crippen LogP contribution in [-0.2, 0) is 0 Å². The molecule has 0 unspecified atom stereocenters. The lowest BCUT2D eigenvalue weighted by molar-refractivity contribution is 0.778. The number of thioether (sulfide) groups is 1. The van der Waals surface area contributed by atoms with Crippen LogP contribution in [0.15, 0.2) is 17.0 Å². The Labute approximate surface area is 105 Å². The van der Waals surface area contributed by atoms with Crippen molar-refractivity contribution in [1.29, 1.82) is 0 Å². The quantitative estimate of drug-likeness (QED) is 0.467. The zero-order valence-corrected chi connectivity index (χ0v) is 11.1. The van der Waals surface area contributed by atoms with Gasteiger partial charge in [-0.3, -0.25) is 0 Å². The van der Waals surface area contributed by atoms with E-state index in [2.05, 4.69) is 6.92 Å². The van der Waals surface area contributed by atoms with Crippen molar-refractivity contribution in [1.82, 2.24) is 0 Å². The standard InChI is InChI=1S/C11H15Cl2NS/c1-2-3-4-5-15-11-9(12)6-8(14)7-10(11)13/h6-7H,2-5,14H2,1H3. The van der Waals surface area contributed by atoms with Crippen LogP contribution in [0.3, 0.4) is 0 Å². The van der Waals surface area contributed by atoms with Gasteiger partial charge in [0.1, 0.15) is 0 Å². The van der Waals surface area contributed by atoms with Crippen molar-refractivity contribution < 1.29 is 0 Å². The summed E-state index contributed by atoms with van der Waals surface area (Å²) in [6.07, 6.45) is 3.67.